The summed E-state index contributed by atoms with van der Waals surface area (Å²) in [7, 11) is 0. The highest BCUT2D eigenvalue weighted by atomic mass is 79.9. The number of carbonyl (C=O) groups is 1. The number of hydrogen-bond donors (Lipinski definition) is 0. The van der Waals surface area contributed by atoms with Gasteiger partial charge in [0.25, 0.3) is 0 Å². The molecule has 3 rings (SSSR count). The molecule has 0 amide bonds. The molecule has 2 aromatic rings. The molecular formula is C16H16BrNO3. The predicted octanol–water partition coefficient (Wildman–Crippen LogP) is 4.47. The monoisotopic (exact) mass is 349 g/mol. The van der Waals surface area contributed by atoms with E-state index < -0.39 is 5.97 Å². The number of rotatable bonds is 4. The van der Waals surface area contributed by atoms with Gasteiger partial charge >= 0.3 is 5.97 Å². The Kier molecular flexibility index (Phi) is 3.85. The van der Waals surface area contributed by atoms with Crippen molar-refractivity contribution in [3.8, 4) is 11.5 Å². The van der Waals surface area contributed by atoms with Crippen molar-refractivity contribution in [1.82, 2.24) is 4.98 Å². The average Bonchev–Trinajstić information content (AvgIpc) is 3.19. The number of nitrogens with zero attached hydrogens (tertiary/aromatic N) is 1. The summed E-state index contributed by atoms with van der Waals surface area (Å²) in [6.07, 6.45) is 2.10. The number of benzene rings is 1. The van der Waals surface area contributed by atoms with Gasteiger partial charge in [0, 0.05) is 10.4 Å². The molecule has 0 saturated heterocycles. The van der Waals surface area contributed by atoms with Crippen molar-refractivity contribution in [3.05, 3.63) is 39.7 Å². The normalized spacial score (nSPS) is 14.2. The lowest BCUT2D eigenvalue weighted by atomic mass is 10.1. The van der Waals surface area contributed by atoms with Crippen molar-refractivity contribution in [1.29, 1.82) is 0 Å². The topological polar surface area (TPSA) is 52.3 Å². The first-order valence-electron chi connectivity index (χ1n) is 7.04. The smallest absolute Gasteiger partial charge is 0.376 e. The first kappa shape index (κ1) is 14.3. The first-order valence-corrected chi connectivity index (χ1v) is 7.83. The number of oxazole rings is 1. The molecule has 1 aliphatic carbocycles. The minimum Gasteiger partial charge on any atom is -0.460 e. The van der Waals surface area contributed by atoms with Crippen molar-refractivity contribution in [2.45, 2.75) is 32.6 Å². The van der Waals surface area contributed by atoms with Crippen LogP contribution in [0.5, 0.6) is 0 Å². The van der Waals surface area contributed by atoms with Crippen LogP contribution in [0.4, 0.5) is 0 Å². The number of hydrogen-bond acceptors (Lipinski definition) is 4. The standard InChI is InChI=1S/C16H16BrNO3/c1-3-20-16(19)14-13(10-5-6-10)18-15(21-14)11-7-4-9(2)8-12(11)17/h4,7-8,10H,3,5-6H2,1-2H3. The molecule has 110 valence electrons. The summed E-state index contributed by atoms with van der Waals surface area (Å²) in [6, 6.07) is 5.93. The predicted molar refractivity (Wildman–Crippen MR) is 82.3 cm³/mol. The van der Waals surface area contributed by atoms with E-state index in [0.29, 0.717) is 18.4 Å². The molecule has 1 saturated carbocycles. The lowest BCUT2D eigenvalue weighted by Crippen LogP contribution is -2.05. The van der Waals surface area contributed by atoms with Gasteiger partial charge in [-0.2, -0.15) is 0 Å². The third-order valence-corrected chi connectivity index (χ3v) is 4.09. The van der Waals surface area contributed by atoms with Crippen LogP contribution >= 0.6 is 15.9 Å². The molecule has 1 aromatic carbocycles. The Morgan fingerprint density at radius 1 is 1.48 bits per heavy atom. The lowest BCUT2D eigenvalue weighted by Gasteiger charge is -2.01. The van der Waals surface area contributed by atoms with E-state index in [1.165, 1.54) is 0 Å². The van der Waals surface area contributed by atoms with Gasteiger partial charge in [0.05, 0.1) is 17.9 Å². The maximum atomic E-state index is 12.0. The fourth-order valence-electron chi connectivity index (χ4n) is 2.22. The van der Waals surface area contributed by atoms with E-state index in [1.54, 1.807) is 6.92 Å². The molecule has 4 nitrogen and oxygen atoms in total. The summed E-state index contributed by atoms with van der Waals surface area (Å²) in [4.78, 5) is 16.6. The van der Waals surface area contributed by atoms with E-state index in [4.69, 9.17) is 9.15 Å². The van der Waals surface area contributed by atoms with Gasteiger partial charge in [0.15, 0.2) is 0 Å². The van der Waals surface area contributed by atoms with Gasteiger partial charge in [-0.3, -0.25) is 0 Å². The van der Waals surface area contributed by atoms with Crippen LogP contribution in [0.1, 0.15) is 47.5 Å². The molecule has 1 heterocycles. The fourth-order valence-corrected chi connectivity index (χ4v) is 2.88. The molecule has 0 unspecified atom stereocenters. The maximum absolute atomic E-state index is 12.0. The Labute approximate surface area is 131 Å². The van der Waals surface area contributed by atoms with E-state index >= 15 is 0 Å². The molecule has 1 aliphatic rings. The zero-order valence-electron chi connectivity index (χ0n) is 12.0. The van der Waals surface area contributed by atoms with Gasteiger partial charge in [0.2, 0.25) is 11.7 Å². The fraction of sp³-hybridized carbons (Fsp3) is 0.375. The molecule has 1 aromatic heterocycles. The Balaban J connectivity index is 2.03. The second-order valence-corrected chi connectivity index (χ2v) is 6.07. The summed E-state index contributed by atoms with van der Waals surface area (Å²) >= 11 is 3.52. The van der Waals surface area contributed by atoms with Crippen LogP contribution in [0.3, 0.4) is 0 Å². The zero-order valence-corrected chi connectivity index (χ0v) is 13.6. The van der Waals surface area contributed by atoms with Crippen LogP contribution in [-0.4, -0.2) is 17.6 Å². The van der Waals surface area contributed by atoms with Gasteiger partial charge in [0.1, 0.15) is 0 Å². The number of esters is 1. The van der Waals surface area contributed by atoms with Crippen molar-refractivity contribution in [2.75, 3.05) is 6.61 Å². The molecule has 0 N–H and O–H groups in total. The number of halogens is 1. The molecule has 0 radical (unpaired) electrons. The highest BCUT2D eigenvalue weighted by Gasteiger charge is 2.34. The third kappa shape index (κ3) is 2.88. The Morgan fingerprint density at radius 2 is 2.24 bits per heavy atom. The van der Waals surface area contributed by atoms with E-state index in [0.717, 1.165) is 34.1 Å². The van der Waals surface area contributed by atoms with Gasteiger partial charge in [-0.05, 0) is 60.3 Å². The molecule has 21 heavy (non-hydrogen) atoms. The van der Waals surface area contributed by atoms with E-state index in [2.05, 4.69) is 20.9 Å². The van der Waals surface area contributed by atoms with E-state index in [-0.39, 0.29) is 5.76 Å². The van der Waals surface area contributed by atoms with Crippen LogP contribution in [0.25, 0.3) is 11.5 Å². The first-order chi connectivity index (χ1) is 10.1. The van der Waals surface area contributed by atoms with Crippen LogP contribution in [-0.2, 0) is 4.74 Å². The highest BCUT2D eigenvalue weighted by molar-refractivity contribution is 9.10. The van der Waals surface area contributed by atoms with Crippen LogP contribution < -0.4 is 0 Å². The summed E-state index contributed by atoms with van der Waals surface area (Å²) in [5, 5.41) is 0. The van der Waals surface area contributed by atoms with Crippen molar-refractivity contribution in [2.24, 2.45) is 0 Å². The second-order valence-electron chi connectivity index (χ2n) is 5.21. The Hall–Kier alpha value is -1.62. The SMILES string of the molecule is CCOC(=O)c1oc(-c2ccc(C)cc2Br)nc1C1CC1. The minimum atomic E-state index is -0.429. The van der Waals surface area contributed by atoms with E-state index in [1.807, 2.05) is 25.1 Å². The second kappa shape index (κ2) is 5.64. The Morgan fingerprint density at radius 3 is 2.86 bits per heavy atom. The zero-order chi connectivity index (χ0) is 15.0. The highest BCUT2D eigenvalue weighted by Crippen LogP contribution is 2.43. The summed E-state index contributed by atoms with van der Waals surface area (Å²) in [6.45, 7) is 4.12. The van der Waals surface area contributed by atoms with Crippen LogP contribution in [0.2, 0.25) is 0 Å². The molecule has 1 fully saturated rings. The minimum absolute atomic E-state index is 0.252. The lowest BCUT2D eigenvalue weighted by molar-refractivity contribution is 0.0489. The van der Waals surface area contributed by atoms with Crippen molar-refractivity contribution >= 4 is 21.9 Å². The third-order valence-electron chi connectivity index (χ3n) is 3.43. The van der Waals surface area contributed by atoms with E-state index in [9.17, 15) is 4.79 Å². The summed E-state index contributed by atoms with van der Waals surface area (Å²) in [5.74, 6) is 0.612. The van der Waals surface area contributed by atoms with Crippen molar-refractivity contribution < 1.29 is 13.9 Å². The van der Waals surface area contributed by atoms with Gasteiger partial charge in [-0.25, -0.2) is 9.78 Å². The van der Waals surface area contributed by atoms with Gasteiger partial charge in [-0.1, -0.05) is 6.07 Å². The maximum Gasteiger partial charge on any atom is 0.376 e. The number of aromatic nitrogens is 1. The molecule has 0 atom stereocenters. The van der Waals surface area contributed by atoms with Crippen LogP contribution in [0, 0.1) is 6.92 Å². The molecule has 5 heteroatoms. The average molecular weight is 350 g/mol. The number of aryl methyl sites for hydroxylation is 1. The summed E-state index contributed by atoms with van der Waals surface area (Å²) in [5.41, 5.74) is 2.72. The number of ether oxygens (including phenoxy) is 1. The van der Waals surface area contributed by atoms with Crippen molar-refractivity contribution in [3.63, 3.8) is 0 Å². The van der Waals surface area contributed by atoms with Gasteiger partial charge < -0.3 is 9.15 Å². The number of carbonyl (C=O) groups excluding carboxylic acids is 1. The molecule has 0 spiro atoms. The molecular weight excluding hydrogens is 334 g/mol. The quantitative estimate of drug-likeness (QED) is 0.764. The van der Waals surface area contributed by atoms with Crippen LogP contribution in [0.15, 0.2) is 27.1 Å². The molecule has 0 bridgehead atoms. The molecule has 0 aliphatic heterocycles. The summed E-state index contributed by atoms with van der Waals surface area (Å²) < 4.78 is 11.7. The Bertz CT molecular complexity index is 689. The largest absolute Gasteiger partial charge is 0.460 e. The van der Waals surface area contributed by atoms with Gasteiger partial charge in [-0.15, -0.1) is 0 Å².